The fourth-order valence-electron chi connectivity index (χ4n) is 2.86. The summed E-state index contributed by atoms with van der Waals surface area (Å²) in [5.74, 6) is 0. The fourth-order valence-corrected chi connectivity index (χ4v) is 2.86. The van der Waals surface area contributed by atoms with E-state index in [0.29, 0.717) is 12.2 Å². The summed E-state index contributed by atoms with van der Waals surface area (Å²) in [6.45, 7) is 8.97. The van der Waals surface area contributed by atoms with Crippen LogP contribution in [0.4, 0.5) is 0 Å². The summed E-state index contributed by atoms with van der Waals surface area (Å²) < 4.78 is 6.15. The van der Waals surface area contributed by atoms with E-state index in [1.807, 2.05) is 0 Å². The maximum Gasteiger partial charge on any atom is 0.0707 e. The first-order chi connectivity index (χ1) is 8.83. The summed E-state index contributed by atoms with van der Waals surface area (Å²) >= 11 is 0. The minimum Gasteiger partial charge on any atom is -0.372 e. The van der Waals surface area contributed by atoms with Crippen molar-refractivity contribution >= 4 is 0 Å². The third kappa shape index (κ3) is 4.52. The van der Waals surface area contributed by atoms with Crippen LogP contribution in [0.15, 0.2) is 0 Å². The molecule has 18 heavy (non-hydrogen) atoms. The first-order valence-electron chi connectivity index (χ1n) is 7.93. The molecule has 1 saturated carbocycles. The quantitative estimate of drug-likeness (QED) is 0.684. The van der Waals surface area contributed by atoms with Crippen molar-refractivity contribution in [3.8, 4) is 0 Å². The lowest BCUT2D eigenvalue weighted by Gasteiger charge is -2.25. The Balaban J connectivity index is 1.68. The molecule has 1 saturated heterocycles. The van der Waals surface area contributed by atoms with E-state index in [0.717, 1.165) is 19.1 Å². The van der Waals surface area contributed by atoms with Crippen molar-refractivity contribution < 1.29 is 4.74 Å². The number of ether oxygens (including phenoxy) is 1. The van der Waals surface area contributed by atoms with Crippen molar-refractivity contribution in [2.75, 3.05) is 26.2 Å². The Labute approximate surface area is 112 Å². The van der Waals surface area contributed by atoms with Gasteiger partial charge in [-0.1, -0.05) is 20.3 Å². The standard InChI is InChI=1S/C15H30N2O/c1-3-5-10-17(13-6-7-13)12-15-9-8-14(18-15)11-16-4-2/h13-16H,3-12H2,1-2H3. The predicted octanol–water partition coefficient (Wildman–Crippen LogP) is 2.41. The van der Waals surface area contributed by atoms with Gasteiger partial charge in [-0.25, -0.2) is 0 Å². The van der Waals surface area contributed by atoms with Gasteiger partial charge in [-0.05, 0) is 45.2 Å². The number of likely N-dealkylation sites (N-methyl/N-ethyl adjacent to an activating group) is 1. The van der Waals surface area contributed by atoms with Crippen molar-refractivity contribution in [3.05, 3.63) is 0 Å². The highest BCUT2D eigenvalue weighted by atomic mass is 16.5. The maximum atomic E-state index is 6.15. The number of nitrogens with one attached hydrogen (secondary N) is 1. The van der Waals surface area contributed by atoms with Crippen LogP contribution in [0.25, 0.3) is 0 Å². The molecule has 0 spiro atoms. The van der Waals surface area contributed by atoms with Crippen molar-refractivity contribution in [2.45, 2.75) is 70.6 Å². The molecular formula is C15H30N2O. The molecule has 106 valence electrons. The minimum atomic E-state index is 0.460. The Hall–Kier alpha value is -0.120. The van der Waals surface area contributed by atoms with Gasteiger partial charge in [-0.15, -0.1) is 0 Å². The SMILES string of the molecule is CCCCN(CC1CCC(CNCC)O1)C1CC1. The van der Waals surface area contributed by atoms with E-state index >= 15 is 0 Å². The van der Waals surface area contributed by atoms with E-state index in [4.69, 9.17) is 4.74 Å². The van der Waals surface area contributed by atoms with Crippen LogP contribution in [-0.4, -0.2) is 49.3 Å². The molecule has 3 nitrogen and oxygen atoms in total. The van der Waals surface area contributed by atoms with Gasteiger partial charge in [0.05, 0.1) is 12.2 Å². The fraction of sp³-hybridized carbons (Fsp3) is 1.00. The smallest absolute Gasteiger partial charge is 0.0707 e. The molecule has 1 heterocycles. The molecule has 2 atom stereocenters. The number of unbranched alkanes of at least 4 members (excludes halogenated alkanes) is 1. The lowest BCUT2D eigenvalue weighted by atomic mass is 10.2. The van der Waals surface area contributed by atoms with E-state index in [1.54, 1.807) is 0 Å². The third-order valence-corrected chi connectivity index (χ3v) is 4.12. The number of nitrogens with zero attached hydrogens (tertiary/aromatic N) is 1. The average molecular weight is 254 g/mol. The first-order valence-corrected chi connectivity index (χ1v) is 7.93. The van der Waals surface area contributed by atoms with E-state index < -0.39 is 0 Å². The molecule has 0 bridgehead atoms. The van der Waals surface area contributed by atoms with Crippen molar-refractivity contribution in [1.82, 2.24) is 10.2 Å². The molecule has 1 aliphatic carbocycles. The van der Waals surface area contributed by atoms with Crippen LogP contribution in [-0.2, 0) is 4.74 Å². The van der Waals surface area contributed by atoms with E-state index in [1.165, 1.54) is 51.6 Å². The van der Waals surface area contributed by atoms with Crippen molar-refractivity contribution in [3.63, 3.8) is 0 Å². The molecule has 3 heteroatoms. The normalized spacial score (nSPS) is 28.2. The van der Waals surface area contributed by atoms with Gasteiger partial charge in [0.25, 0.3) is 0 Å². The monoisotopic (exact) mass is 254 g/mol. The minimum absolute atomic E-state index is 0.460. The van der Waals surface area contributed by atoms with Gasteiger partial charge >= 0.3 is 0 Å². The molecule has 2 aliphatic rings. The Morgan fingerprint density at radius 3 is 2.56 bits per heavy atom. The highest BCUT2D eigenvalue weighted by molar-refractivity contribution is 4.87. The van der Waals surface area contributed by atoms with E-state index in [-0.39, 0.29) is 0 Å². The van der Waals surface area contributed by atoms with Crippen molar-refractivity contribution in [1.29, 1.82) is 0 Å². The molecule has 1 N–H and O–H groups in total. The van der Waals surface area contributed by atoms with Gasteiger partial charge in [0.1, 0.15) is 0 Å². The Kier molecular flexibility index (Phi) is 5.93. The van der Waals surface area contributed by atoms with Gasteiger partial charge in [0.2, 0.25) is 0 Å². The van der Waals surface area contributed by atoms with Crippen LogP contribution in [0, 0.1) is 0 Å². The first kappa shape index (κ1) is 14.3. The van der Waals surface area contributed by atoms with E-state index in [9.17, 15) is 0 Å². The van der Waals surface area contributed by atoms with Crippen LogP contribution in [0.1, 0.15) is 52.4 Å². The number of rotatable bonds is 9. The second kappa shape index (κ2) is 7.46. The van der Waals surface area contributed by atoms with Crippen LogP contribution < -0.4 is 5.32 Å². The van der Waals surface area contributed by atoms with Crippen LogP contribution in [0.5, 0.6) is 0 Å². The highest BCUT2D eigenvalue weighted by Gasteiger charge is 2.33. The summed E-state index contributed by atoms with van der Waals surface area (Å²) in [6.07, 6.45) is 8.92. The third-order valence-electron chi connectivity index (χ3n) is 4.12. The topological polar surface area (TPSA) is 24.5 Å². The molecular weight excluding hydrogens is 224 g/mol. The Morgan fingerprint density at radius 2 is 1.89 bits per heavy atom. The maximum absolute atomic E-state index is 6.15. The molecule has 0 amide bonds. The summed E-state index contributed by atoms with van der Waals surface area (Å²) in [7, 11) is 0. The predicted molar refractivity (Wildman–Crippen MR) is 75.9 cm³/mol. The average Bonchev–Trinajstić information content (AvgIpc) is 3.13. The zero-order valence-corrected chi connectivity index (χ0v) is 12.2. The zero-order valence-electron chi connectivity index (χ0n) is 12.2. The largest absolute Gasteiger partial charge is 0.372 e. The summed E-state index contributed by atoms with van der Waals surface area (Å²) in [6, 6.07) is 0.882. The highest BCUT2D eigenvalue weighted by Crippen LogP contribution is 2.29. The molecule has 2 unspecified atom stereocenters. The van der Waals surface area contributed by atoms with Gasteiger partial charge in [0, 0.05) is 19.1 Å². The van der Waals surface area contributed by atoms with Gasteiger partial charge in [0.15, 0.2) is 0 Å². The second-order valence-corrected chi connectivity index (χ2v) is 5.84. The number of hydrogen-bond donors (Lipinski definition) is 1. The summed E-state index contributed by atoms with van der Waals surface area (Å²) in [4.78, 5) is 2.68. The van der Waals surface area contributed by atoms with Gasteiger partial charge in [-0.3, -0.25) is 4.90 Å². The summed E-state index contributed by atoms with van der Waals surface area (Å²) in [5.41, 5.74) is 0. The molecule has 0 radical (unpaired) electrons. The second-order valence-electron chi connectivity index (χ2n) is 5.84. The van der Waals surface area contributed by atoms with Crippen molar-refractivity contribution in [2.24, 2.45) is 0 Å². The Morgan fingerprint density at radius 1 is 1.11 bits per heavy atom. The molecule has 2 rings (SSSR count). The van der Waals surface area contributed by atoms with E-state index in [2.05, 4.69) is 24.1 Å². The van der Waals surface area contributed by atoms with Gasteiger partial charge in [-0.2, -0.15) is 0 Å². The van der Waals surface area contributed by atoms with Crippen LogP contribution >= 0.6 is 0 Å². The molecule has 0 aromatic heterocycles. The molecule has 0 aromatic rings. The summed E-state index contributed by atoms with van der Waals surface area (Å²) in [5, 5.41) is 3.39. The zero-order chi connectivity index (χ0) is 12.8. The lowest BCUT2D eigenvalue weighted by molar-refractivity contribution is 0.0216. The number of hydrogen-bond acceptors (Lipinski definition) is 3. The van der Waals surface area contributed by atoms with Crippen LogP contribution in [0.2, 0.25) is 0 Å². The van der Waals surface area contributed by atoms with Crippen LogP contribution in [0.3, 0.4) is 0 Å². The Bertz CT molecular complexity index is 231. The lowest BCUT2D eigenvalue weighted by Crippen LogP contribution is -2.36. The molecule has 1 aliphatic heterocycles. The van der Waals surface area contributed by atoms with Gasteiger partial charge < -0.3 is 10.1 Å². The molecule has 0 aromatic carbocycles. The molecule has 2 fully saturated rings.